The fourth-order valence-corrected chi connectivity index (χ4v) is 2.25. The predicted molar refractivity (Wildman–Crippen MR) is 67.0 cm³/mol. The van der Waals surface area contributed by atoms with Crippen molar-refractivity contribution in [2.24, 2.45) is 5.92 Å². The average molecular weight is 273 g/mol. The summed E-state index contributed by atoms with van der Waals surface area (Å²) in [5, 5.41) is 3.43. The standard InChI is InChI=1S/C14H18F3NO/c1-2-18-13(11-5-6-11)9-10-3-7-12(8-4-10)19-14(15,16)17/h3-4,7-8,11,13,18H,2,5-6,9H2,1H3. The van der Waals surface area contributed by atoms with E-state index >= 15 is 0 Å². The summed E-state index contributed by atoms with van der Waals surface area (Å²) in [6.45, 7) is 2.98. The Morgan fingerprint density at radius 2 is 1.89 bits per heavy atom. The molecule has 0 radical (unpaired) electrons. The molecule has 1 fully saturated rings. The van der Waals surface area contributed by atoms with Crippen molar-refractivity contribution >= 4 is 0 Å². The van der Waals surface area contributed by atoms with Gasteiger partial charge in [-0.05, 0) is 49.4 Å². The maximum atomic E-state index is 12.0. The first kappa shape index (κ1) is 14.2. The second-order valence-corrected chi connectivity index (χ2v) is 4.90. The van der Waals surface area contributed by atoms with Gasteiger partial charge in [-0.3, -0.25) is 0 Å². The summed E-state index contributed by atoms with van der Waals surface area (Å²) < 4.78 is 40.0. The van der Waals surface area contributed by atoms with Crippen molar-refractivity contribution < 1.29 is 17.9 Å². The molecule has 0 bridgehead atoms. The summed E-state index contributed by atoms with van der Waals surface area (Å²) in [7, 11) is 0. The molecular weight excluding hydrogens is 255 g/mol. The van der Waals surface area contributed by atoms with Crippen molar-refractivity contribution in [1.82, 2.24) is 5.32 Å². The zero-order valence-electron chi connectivity index (χ0n) is 10.8. The number of likely N-dealkylation sites (N-methyl/N-ethyl adjacent to an activating group) is 1. The third-order valence-electron chi connectivity index (χ3n) is 3.27. The Hall–Kier alpha value is -1.23. The minimum atomic E-state index is -4.62. The fraction of sp³-hybridized carbons (Fsp3) is 0.571. The smallest absolute Gasteiger partial charge is 0.406 e. The fourth-order valence-electron chi connectivity index (χ4n) is 2.25. The Bertz CT molecular complexity index is 398. The maximum absolute atomic E-state index is 12.0. The van der Waals surface area contributed by atoms with Crippen LogP contribution < -0.4 is 10.1 Å². The number of rotatable bonds is 6. The molecule has 106 valence electrons. The van der Waals surface area contributed by atoms with E-state index in [1.165, 1.54) is 25.0 Å². The van der Waals surface area contributed by atoms with Crippen LogP contribution in [0.25, 0.3) is 0 Å². The van der Waals surface area contributed by atoms with Gasteiger partial charge in [0.1, 0.15) is 5.75 Å². The van der Waals surface area contributed by atoms with Crippen LogP contribution in [0.5, 0.6) is 5.75 Å². The van der Waals surface area contributed by atoms with Crippen LogP contribution in [0.15, 0.2) is 24.3 Å². The first-order valence-corrected chi connectivity index (χ1v) is 6.56. The number of hydrogen-bond acceptors (Lipinski definition) is 2. The molecule has 5 heteroatoms. The molecule has 1 N–H and O–H groups in total. The second kappa shape index (κ2) is 5.82. The minimum Gasteiger partial charge on any atom is -0.406 e. The van der Waals surface area contributed by atoms with Crippen molar-refractivity contribution in [3.8, 4) is 5.75 Å². The third-order valence-corrected chi connectivity index (χ3v) is 3.27. The van der Waals surface area contributed by atoms with Gasteiger partial charge in [-0.2, -0.15) is 0 Å². The number of benzene rings is 1. The van der Waals surface area contributed by atoms with E-state index in [0.29, 0.717) is 12.0 Å². The lowest BCUT2D eigenvalue weighted by molar-refractivity contribution is -0.274. The number of hydrogen-bond donors (Lipinski definition) is 1. The average Bonchev–Trinajstić information content (AvgIpc) is 3.13. The largest absolute Gasteiger partial charge is 0.573 e. The molecule has 0 aliphatic heterocycles. The molecule has 0 aromatic heterocycles. The van der Waals surface area contributed by atoms with Crippen molar-refractivity contribution in [3.05, 3.63) is 29.8 Å². The van der Waals surface area contributed by atoms with Crippen molar-refractivity contribution in [2.75, 3.05) is 6.54 Å². The highest BCUT2D eigenvalue weighted by atomic mass is 19.4. The lowest BCUT2D eigenvalue weighted by Gasteiger charge is -2.17. The molecule has 1 aliphatic carbocycles. The first-order chi connectivity index (χ1) is 8.98. The van der Waals surface area contributed by atoms with Gasteiger partial charge >= 0.3 is 6.36 Å². The third kappa shape index (κ3) is 4.74. The van der Waals surface area contributed by atoms with E-state index in [2.05, 4.69) is 17.0 Å². The van der Waals surface area contributed by atoms with Crippen LogP contribution in [0, 0.1) is 5.92 Å². The van der Waals surface area contributed by atoms with E-state index in [-0.39, 0.29) is 5.75 Å². The minimum absolute atomic E-state index is 0.164. The summed E-state index contributed by atoms with van der Waals surface area (Å²) in [4.78, 5) is 0. The lowest BCUT2D eigenvalue weighted by Crippen LogP contribution is -2.32. The zero-order valence-corrected chi connectivity index (χ0v) is 10.8. The Morgan fingerprint density at radius 1 is 1.26 bits per heavy atom. The van der Waals surface area contributed by atoms with Gasteiger partial charge in [0, 0.05) is 6.04 Å². The molecule has 0 heterocycles. The Balaban J connectivity index is 1.93. The van der Waals surface area contributed by atoms with Gasteiger partial charge in [0.2, 0.25) is 0 Å². The van der Waals surface area contributed by atoms with Crippen molar-refractivity contribution in [1.29, 1.82) is 0 Å². The predicted octanol–water partition coefficient (Wildman–Crippen LogP) is 3.52. The molecule has 1 aromatic rings. The molecule has 1 aromatic carbocycles. The summed E-state index contributed by atoms with van der Waals surface area (Å²) in [6, 6.07) is 6.58. The number of halogens is 3. The van der Waals surface area contributed by atoms with E-state index < -0.39 is 6.36 Å². The summed E-state index contributed by atoms with van der Waals surface area (Å²) >= 11 is 0. The monoisotopic (exact) mass is 273 g/mol. The van der Waals surface area contributed by atoms with Gasteiger partial charge < -0.3 is 10.1 Å². The van der Waals surface area contributed by atoms with Crippen LogP contribution in [-0.4, -0.2) is 18.9 Å². The van der Waals surface area contributed by atoms with Gasteiger partial charge in [-0.1, -0.05) is 19.1 Å². The number of ether oxygens (including phenoxy) is 1. The molecule has 1 saturated carbocycles. The Morgan fingerprint density at radius 3 is 2.37 bits per heavy atom. The van der Waals surface area contributed by atoms with E-state index in [0.717, 1.165) is 18.5 Å². The molecule has 0 amide bonds. The zero-order chi connectivity index (χ0) is 13.9. The normalized spacial score (nSPS) is 17.3. The van der Waals surface area contributed by atoms with E-state index in [4.69, 9.17) is 0 Å². The van der Waals surface area contributed by atoms with Gasteiger partial charge in [-0.15, -0.1) is 13.2 Å². The van der Waals surface area contributed by atoms with Crippen molar-refractivity contribution in [2.45, 2.75) is 38.6 Å². The van der Waals surface area contributed by atoms with Crippen LogP contribution in [0.2, 0.25) is 0 Å². The summed E-state index contributed by atoms with van der Waals surface area (Å²) in [5.74, 6) is 0.550. The topological polar surface area (TPSA) is 21.3 Å². The number of nitrogens with one attached hydrogen (secondary N) is 1. The first-order valence-electron chi connectivity index (χ1n) is 6.56. The summed E-state index contributed by atoms with van der Waals surface area (Å²) in [6.07, 6.45) is -1.29. The quantitative estimate of drug-likeness (QED) is 0.856. The molecule has 1 aliphatic rings. The van der Waals surface area contributed by atoms with Gasteiger partial charge in [-0.25, -0.2) is 0 Å². The molecule has 19 heavy (non-hydrogen) atoms. The highest BCUT2D eigenvalue weighted by Crippen LogP contribution is 2.34. The maximum Gasteiger partial charge on any atom is 0.573 e. The van der Waals surface area contributed by atoms with Crippen LogP contribution in [0.3, 0.4) is 0 Å². The van der Waals surface area contributed by atoms with Gasteiger partial charge in [0.25, 0.3) is 0 Å². The molecular formula is C14H18F3NO. The van der Waals surface area contributed by atoms with Crippen LogP contribution in [0.1, 0.15) is 25.3 Å². The molecule has 0 saturated heterocycles. The van der Waals surface area contributed by atoms with Crippen LogP contribution in [0.4, 0.5) is 13.2 Å². The van der Waals surface area contributed by atoms with Crippen LogP contribution in [-0.2, 0) is 6.42 Å². The van der Waals surface area contributed by atoms with Crippen molar-refractivity contribution in [3.63, 3.8) is 0 Å². The van der Waals surface area contributed by atoms with E-state index in [1.54, 1.807) is 12.1 Å². The van der Waals surface area contributed by atoms with Crippen LogP contribution >= 0.6 is 0 Å². The summed E-state index contributed by atoms with van der Waals surface area (Å²) in [5.41, 5.74) is 1.03. The molecule has 1 atom stereocenters. The Kier molecular flexibility index (Phi) is 4.34. The molecule has 1 unspecified atom stereocenters. The van der Waals surface area contributed by atoms with E-state index in [9.17, 15) is 13.2 Å². The second-order valence-electron chi connectivity index (χ2n) is 4.90. The SMILES string of the molecule is CCNC(Cc1ccc(OC(F)(F)F)cc1)C1CC1. The van der Waals surface area contributed by atoms with Gasteiger partial charge in [0.15, 0.2) is 0 Å². The molecule has 2 nitrogen and oxygen atoms in total. The van der Waals surface area contributed by atoms with Gasteiger partial charge in [0.05, 0.1) is 0 Å². The molecule has 0 spiro atoms. The lowest BCUT2D eigenvalue weighted by atomic mass is 10.0. The number of alkyl halides is 3. The Labute approximate surface area is 111 Å². The highest BCUT2D eigenvalue weighted by Gasteiger charge is 2.32. The highest BCUT2D eigenvalue weighted by molar-refractivity contribution is 5.28. The van der Waals surface area contributed by atoms with E-state index in [1.807, 2.05) is 0 Å². The molecule has 2 rings (SSSR count).